The first-order chi connectivity index (χ1) is 19.0. The number of aliphatic imine (C=N–C) groups is 1. The van der Waals surface area contributed by atoms with Crippen molar-refractivity contribution in [3.8, 4) is 0 Å². The maximum absolute atomic E-state index is 13.7. The largest absolute Gasteiger partial charge is 0.416 e. The Balaban J connectivity index is 0.000000828. The summed E-state index contributed by atoms with van der Waals surface area (Å²) in [6, 6.07) is 19.6. The molecule has 3 N–H and O–H groups in total. The lowest BCUT2D eigenvalue weighted by Gasteiger charge is -2.14. The van der Waals surface area contributed by atoms with Crippen molar-refractivity contribution in [2.75, 3.05) is 7.05 Å². The number of aryl methyl sites for hydroxylation is 2. The maximum Gasteiger partial charge on any atom is 0.416 e. The Morgan fingerprint density at radius 3 is 1.80 bits per heavy atom. The van der Waals surface area contributed by atoms with E-state index in [9.17, 15) is 17.6 Å². The van der Waals surface area contributed by atoms with Crippen molar-refractivity contribution >= 4 is 11.5 Å². The van der Waals surface area contributed by atoms with Gasteiger partial charge in [-0.25, -0.2) is 4.39 Å². The lowest BCUT2D eigenvalue weighted by atomic mass is 10.1. The fraction of sp³-hybridized carbons (Fsp3) is 0.364. The van der Waals surface area contributed by atoms with Gasteiger partial charge in [-0.1, -0.05) is 102 Å². The molecule has 0 radical (unpaired) electrons. The average molecular weight is 560 g/mol. The highest BCUT2D eigenvalue weighted by atomic mass is 19.4. The Labute approximate surface area is 238 Å². The number of alkyl halides is 3. The standard InChI is InChI=1S/C18H17F4N3.C8H10.C5H12.C2H6/c1-24-17(10-16(23)13-7-3-5-9-15(13)19)25-11-12-6-2-4-8-14(12)18(20,21)22;1-7-5-3-4-6-8(7)2;1-3-5-4-2;1-2/h2-10H,11,23H2,1H3,(H,24,25);3-6H,1-2H3;3-5H2,1-2H3;1-2H3/b16-10-;;;. The third-order valence-corrected chi connectivity index (χ3v) is 5.63. The molecule has 0 heterocycles. The molecule has 0 spiro atoms. The lowest BCUT2D eigenvalue weighted by molar-refractivity contribution is -0.138. The summed E-state index contributed by atoms with van der Waals surface area (Å²) in [5.41, 5.74) is 8.27. The molecule has 3 aromatic rings. The van der Waals surface area contributed by atoms with E-state index in [1.807, 2.05) is 13.8 Å². The Morgan fingerprint density at radius 1 is 0.850 bits per heavy atom. The number of nitrogens with one attached hydrogen (secondary N) is 1. The van der Waals surface area contributed by atoms with Crippen LogP contribution in [0.3, 0.4) is 0 Å². The first kappa shape index (κ1) is 36.4. The van der Waals surface area contributed by atoms with Gasteiger partial charge in [0, 0.05) is 30.9 Å². The van der Waals surface area contributed by atoms with Crippen molar-refractivity contribution in [3.05, 3.63) is 113 Å². The van der Waals surface area contributed by atoms with Gasteiger partial charge in [0.2, 0.25) is 0 Å². The zero-order valence-electron chi connectivity index (χ0n) is 24.9. The second kappa shape index (κ2) is 20.3. The van der Waals surface area contributed by atoms with Crippen molar-refractivity contribution in [3.63, 3.8) is 0 Å². The molecule has 0 aliphatic carbocycles. The number of amidine groups is 1. The molecule has 0 amide bonds. The van der Waals surface area contributed by atoms with Crippen LogP contribution in [0.1, 0.15) is 74.8 Å². The first-order valence-corrected chi connectivity index (χ1v) is 13.6. The summed E-state index contributed by atoms with van der Waals surface area (Å²) in [5, 5.41) is 2.79. The zero-order chi connectivity index (χ0) is 30.6. The van der Waals surface area contributed by atoms with E-state index in [1.54, 1.807) is 6.07 Å². The summed E-state index contributed by atoms with van der Waals surface area (Å²) in [6.45, 7) is 12.6. The van der Waals surface area contributed by atoms with Gasteiger partial charge in [0.05, 0.1) is 5.56 Å². The molecule has 3 nitrogen and oxygen atoms in total. The molecule has 3 rings (SSSR count). The molecule has 0 aliphatic heterocycles. The van der Waals surface area contributed by atoms with Gasteiger partial charge in [-0.05, 0) is 48.7 Å². The van der Waals surface area contributed by atoms with Crippen LogP contribution < -0.4 is 11.1 Å². The van der Waals surface area contributed by atoms with Gasteiger partial charge < -0.3 is 11.1 Å². The van der Waals surface area contributed by atoms with E-state index in [2.05, 4.69) is 62.3 Å². The monoisotopic (exact) mass is 559 g/mol. The normalized spacial score (nSPS) is 11.2. The van der Waals surface area contributed by atoms with Gasteiger partial charge in [0.15, 0.2) is 0 Å². The van der Waals surface area contributed by atoms with E-state index in [0.717, 1.165) is 6.07 Å². The van der Waals surface area contributed by atoms with Gasteiger partial charge in [0.25, 0.3) is 0 Å². The van der Waals surface area contributed by atoms with E-state index >= 15 is 0 Å². The molecular formula is C33H45F4N3. The Bertz CT molecular complexity index is 1150. The molecule has 7 heteroatoms. The Morgan fingerprint density at radius 2 is 1.35 bits per heavy atom. The van der Waals surface area contributed by atoms with E-state index in [4.69, 9.17) is 5.73 Å². The first-order valence-electron chi connectivity index (χ1n) is 13.6. The second-order valence-electron chi connectivity index (χ2n) is 8.63. The lowest BCUT2D eigenvalue weighted by Crippen LogP contribution is -2.24. The summed E-state index contributed by atoms with van der Waals surface area (Å²) >= 11 is 0. The van der Waals surface area contributed by atoms with Gasteiger partial charge in [-0.3, -0.25) is 4.99 Å². The van der Waals surface area contributed by atoms with Crippen LogP contribution in [0.4, 0.5) is 17.6 Å². The maximum atomic E-state index is 13.7. The summed E-state index contributed by atoms with van der Waals surface area (Å²) in [4.78, 5) is 3.94. The van der Waals surface area contributed by atoms with Crippen LogP contribution in [-0.2, 0) is 12.7 Å². The molecule has 0 unspecified atom stereocenters. The van der Waals surface area contributed by atoms with Crippen molar-refractivity contribution in [1.82, 2.24) is 5.32 Å². The van der Waals surface area contributed by atoms with Crippen LogP contribution in [0, 0.1) is 19.7 Å². The van der Waals surface area contributed by atoms with Crippen LogP contribution >= 0.6 is 0 Å². The van der Waals surface area contributed by atoms with Crippen LogP contribution in [-0.4, -0.2) is 12.9 Å². The fourth-order valence-corrected chi connectivity index (χ4v) is 3.27. The highest BCUT2D eigenvalue weighted by Crippen LogP contribution is 2.31. The molecule has 0 bridgehead atoms. The predicted molar refractivity (Wildman–Crippen MR) is 163 cm³/mol. The molecular weight excluding hydrogens is 514 g/mol. The quantitative estimate of drug-likeness (QED) is 0.179. The number of halogens is 4. The average Bonchev–Trinajstić information content (AvgIpc) is 2.94. The Kier molecular flexibility index (Phi) is 18.5. The molecule has 40 heavy (non-hydrogen) atoms. The number of unbranched alkanes of at least 4 members (excludes halogenated alkanes) is 2. The second-order valence-corrected chi connectivity index (χ2v) is 8.63. The smallest absolute Gasteiger partial charge is 0.398 e. The minimum absolute atomic E-state index is 0.0778. The van der Waals surface area contributed by atoms with Crippen molar-refractivity contribution in [2.45, 2.75) is 73.5 Å². The molecule has 0 saturated carbocycles. The molecule has 0 saturated heterocycles. The summed E-state index contributed by atoms with van der Waals surface area (Å²) in [5.74, 6) is -0.244. The molecule has 0 aromatic heterocycles. The number of hydrogen-bond acceptors (Lipinski definition) is 2. The van der Waals surface area contributed by atoms with E-state index < -0.39 is 17.6 Å². The van der Waals surface area contributed by atoms with E-state index in [0.29, 0.717) is 0 Å². The van der Waals surface area contributed by atoms with Crippen LogP contribution in [0.25, 0.3) is 5.70 Å². The molecule has 0 fully saturated rings. The van der Waals surface area contributed by atoms with Gasteiger partial charge >= 0.3 is 6.18 Å². The number of rotatable bonds is 6. The summed E-state index contributed by atoms with van der Waals surface area (Å²) in [7, 11) is 1.46. The van der Waals surface area contributed by atoms with Crippen molar-refractivity contribution < 1.29 is 17.6 Å². The highest BCUT2D eigenvalue weighted by molar-refractivity contribution is 5.98. The van der Waals surface area contributed by atoms with Crippen molar-refractivity contribution in [1.29, 1.82) is 0 Å². The molecule has 0 aliphatic rings. The highest BCUT2D eigenvalue weighted by Gasteiger charge is 2.32. The molecule has 3 aromatic carbocycles. The predicted octanol–water partition coefficient (Wildman–Crippen LogP) is 9.49. The van der Waals surface area contributed by atoms with E-state index in [-0.39, 0.29) is 29.2 Å². The van der Waals surface area contributed by atoms with Crippen LogP contribution in [0.2, 0.25) is 0 Å². The van der Waals surface area contributed by atoms with Crippen LogP contribution in [0.5, 0.6) is 0 Å². The fourth-order valence-electron chi connectivity index (χ4n) is 3.27. The summed E-state index contributed by atoms with van der Waals surface area (Å²) < 4.78 is 52.7. The number of hydrogen-bond donors (Lipinski definition) is 2. The van der Waals surface area contributed by atoms with Gasteiger partial charge in [-0.15, -0.1) is 0 Å². The third-order valence-electron chi connectivity index (χ3n) is 5.63. The SMILES string of the molecule is CC.CCCCC.CN=C(/C=C(\N)c1ccccc1F)NCc1ccccc1C(F)(F)F.Cc1ccccc1C. The van der Waals surface area contributed by atoms with Gasteiger partial charge in [-0.2, -0.15) is 13.2 Å². The van der Waals surface area contributed by atoms with E-state index in [1.165, 1.54) is 79.9 Å². The number of nitrogens with zero attached hydrogens (tertiary/aromatic N) is 1. The topological polar surface area (TPSA) is 50.4 Å². The molecule has 0 atom stereocenters. The van der Waals surface area contributed by atoms with Crippen LogP contribution in [0.15, 0.2) is 83.9 Å². The minimum Gasteiger partial charge on any atom is -0.398 e. The number of benzene rings is 3. The van der Waals surface area contributed by atoms with Gasteiger partial charge in [0.1, 0.15) is 11.7 Å². The third kappa shape index (κ3) is 14.0. The minimum atomic E-state index is -4.44. The van der Waals surface area contributed by atoms with Crippen molar-refractivity contribution in [2.24, 2.45) is 10.7 Å². The summed E-state index contributed by atoms with van der Waals surface area (Å²) in [6.07, 6.45) is 1.02. The number of nitrogens with two attached hydrogens (primary N) is 1. The molecule has 220 valence electrons. The Hall–Kier alpha value is -3.61. The zero-order valence-corrected chi connectivity index (χ0v) is 24.9.